The van der Waals surface area contributed by atoms with Crippen molar-refractivity contribution in [2.75, 3.05) is 26.7 Å². The van der Waals surface area contributed by atoms with Crippen LogP contribution in [0, 0.1) is 5.92 Å². The molecule has 0 aliphatic carbocycles. The Morgan fingerprint density at radius 3 is 2.00 bits per heavy atom. The number of hydrogen-bond acceptors (Lipinski definition) is 7. The zero-order valence-corrected chi connectivity index (χ0v) is 34.5. The Labute approximate surface area is 344 Å². The fourth-order valence-corrected chi connectivity index (χ4v) is 6.88. The molecule has 4 aromatic rings. The number of nitrogens with one attached hydrogen (secondary N) is 2. The molecule has 0 saturated heterocycles. The van der Waals surface area contributed by atoms with Gasteiger partial charge in [0.05, 0.1) is 6.54 Å². The fourth-order valence-electron chi connectivity index (χ4n) is 6.88. The molecule has 310 valence electrons. The summed E-state index contributed by atoms with van der Waals surface area (Å²) in [6.07, 6.45) is 3.77. The van der Waals surface area contributed by atoms with Crippen LogP contribution in [0.2, 0.25) is 0 Å². The Balaban J connectivity index is 1.15. The molecule has 0 heterocycles. The number of phenolic OH excluding ortho intramolecular Hbond substituents is 1. The molecule has 3 atom stereocenters. The lowest BCUT2D eigenvalue weighted by atomic mass is 9.88. The average Bonchev–Trinajstić information content (AvgIpc) is 3.22. The number of hydrogen-bond donors (Lipinski definition) is 5. The molecule has 58 heavy (non-hydrogen) atoms. The summed E-state index contributed by atoms with van der Waals surface area (Å²) in [5, 5.41) is 26.1. The van der Waals surface area contributed by atoms with Crippen molar-refractivity contribution in [3.8, 4) is 11.5 Å². The highest BCUT2D eigenvalue weighted by molar-refractivity contribution is 5.98. The van der Waals surface area contributed by atoms with Gasteiger partial charge in [0.15, 0.2) is 0 Å². The number of aromatic hydroxyl groups is 1. The van der Waals surface area contributed by atoms with Gasteiger partial charge in [-0.05, 0) is 95.7 Å². The van der Waals surface area contributed by atoms with E-state index in [1.165, 1.54) is 5.57 Å². The third-order valence-electron chi connectivity index (χ3n) is 10.1. The van der Waals surface area contributed by atoms with E-state index < -0.39 is 24.1 Å². The van der Waals surface area contributed by atoms with Crippen molar-refractivity contribution in [2.24, 2.45) is 11.7 Å². The lowest BCUT2D eigenvalue weighted by molar-refractivity contribution is -0.135. The van der Waals surface area contributed by atoms with Crippen LogP contribution in [0.15, 0.2) is 109 Å². The Kier molecular flexibility index (Phi) is 18.5. The summed E-state index contributed by atoms with van der Waals surface area (Å²) in [4.78, 5) is 40.3. The van der Waals surface area contributed by atoms with Gasteiger partial charge in [-0.25, -0.2) is 0 Å². The summed E-state index contributed by atoms with van der Waals surface area (Å²) in [7, 11) is 1.79. The van der Waals surface area contributed by atoms with E-state index in [2.05, 4.69) is 41.8 Å². The Bertz CT molecular complexity index is 1880. The minimum Gasteiger partial charge on any atom is -0.508 e. The number of carbonyl (C=O) groups excluding carboxylic acids is 3. The zero-order valence-electron chi connectivity index (χ0n) is 34.5. The second kappa shape index (κ2) is 23.7. The number of phenols is 1. The smallest absolute Gasteiger partial charge is 0.251 e. The zero-order chi connectivity index (χ0) is 41.9. The number of unbranched alkanes of at least 4 members (excludes halogenated alkanes) is 3. The Morgan fingerprint density at radius 1 is 0.776 bits per heavy atom. The summed E-state index contributed by atoms with van der Waals surface area (Å²) >= 11 is 0. The van der Waals surface area contributed by atoms with Crippen molar-refractivity contribution >= 4 is 28.9 Å². The van der Waals surface area contributed by atoms with Gasteiger partial charge in [0.2, 0.25) is 11.8 Å². The second-order valence-electron chi connectivity index (χ2n) is 15.3. The molecule has 0 fully saturated rings. The number of rotatable bonds is 23. The Morgan fingerprint density at radius 2 is 1.38 bits per heavy atom. The predicted molar refractivity (Wildman–Crippen MR) is 232 cm³/mol. The van der Waals surface area contributed by atoms with Crippen LogP contribution in [0.4, 0.5) is 0 Å². The molecular weight excluding hydrogens is 729 g/mol. The number of nitrogens with two attached hydrogens (primary N) is 1. The molecule has 0 spiro atoms. The number of benzene rings is 4. The molecule has 0 aliphatic heterocycles. The number of aliphatic hydroxyl groups excluding tert-OH is 1. The van der Waals surface area contributed by atoms with Gasteiger partial charge in [-0.2, -0.15) is 0 Å². The van der Waals surface area contributed by atoms with E-state index in [1.807, 2.05) is 86.6 Å². The molecule has 3 amide bonds. The van der Waals surface area contributed by atoms with Crippen molar-refractivity contribution in [2.45, 2.75) is 90.3 Å². The average molecular weight is 791 g/mol. The first kappa shape index (κ1) is 45.3. The third-order valence-corrected chi connectivity index (χ3v) is 10.1. The van der Waals surface area contributed by atoms with E-state index >= 15 is 0 Å². The van der Waals surface area contributed by atoms with Crippen molar-refractivity contribution in [3.05, 3.63) is 131 Å². The van der Waals surface area contributed by atoms with Crippen molar-refractivity contribution in [3.63, 3.8) is 0 Å². The number of amides is 3. The normalized spacial score (nSPS) is 13.2. The minimum atomic E-state index is -1.44. The summed E-state index contributed by atoms with van der Waals surface area (Å²) < 4.78 is 6.03. The lowest BCUT2D eigenvalue weighted by Crippen LogP contribution is -2.54. The van der Waals surface area contributed by atoms with Crippen LogP contribution < -0.4 is 21.1 Å². The molecule has 0 aliphatic rings. The van der Waals surface area contributed by atoms with Gasteiger partial charge in [0.25, 0.3) is 5.91 Å². The monoisotopic (exact) mass is 790 g/mol. The molecule has 4 aromatic carbocycles. The van der Waals surface area contributed by atoms with Gasteiger partial charge in [0, 0.05) is 26.1 Å². The standard InChI is InChI=1S/C48H62N4O6/c1-5-41(36-18-12-9-13-19-36)45(37-21-25-39(53)26-22-37)38-23-27-40(28-24-38)58-31-30-52(4)44(54)20-14-6-7-15-29-50-47(56)43(32-34(2)3)51-48(57)46(55)42(49)33-35-16-10-8-11-17-35/h8-13,16-19,21-28,34,42-43,46,53,55H,5-7,14-15,20,29-33,49H2,1-4H3,(H,50,56)(H,51,57)/b45-41-/t42-,43-,46-/m0/s1. The molecule has 0 aromatic heterocycles. The summed E-state index contributed by atoms with van der Waals surface area (Å²) in [5.74, 6) is 0.209. The summed E-state index contributed by atoms with van der Waals surface area (Å²) in [6.45, 7) is 7.37. The van der Waals surface area contributed by atoms with E-state index in [9.17, 15) is 24.6 Å². The molecule has 10 nitrogen and oxygen atoms in total. The van der Waals surface area contributed by atoms with Crippen LogP contribution in [0.25, 0.3) is 11.1 Å². The molecular formula is C48H62N4O6. The number of likely N-dealkylation sites (N-methyl/N-ethyl adjacent to an activating group) is 1. The fraction of sp³-hybridized carbons (Fsp3) is 0.396. The SMILES string of the molecule is CC/C(=C(\c1ccc(O)cc1)c1ccc(OCCN(C)C(=O)CCCCCCNC(=O)[C@H](CC(C)C)NC(=O)[C@@H](O)[C@@H](N)Cc2ccccc2)cc1)c1ccccc1. The number of nitrogens with zero attached hydrogens (tertiary/aromatic N) is 1. The Hall–Kier alpha value is -5.45. The summed E-state index contributed by atoms with van der Waals surface area (Å²) in [5.41, 5.74) is 12.6. The second-order valence-corrected chi connectivity index (χ2v) is 15.3. The van der Waals surface area contributed by atoms with Crippen LogP contribution in [0.1, 0.15) is 88.0 Å². The third kappa shape index (κ3) is 14.5. The molecule has 0 unspecified atom stereocenters. The summed E-state index contributed by atoms with van der Waals surface area (Å²) in [6, 6.07) is 33.5. The first-order chi connectivity index (χ1) is 28.0. The molecule has 6 N–H and O–H groups in total. The van der Waals surface area contributed by atoms with Crippen LogP contribution in [0.3, 0.4) is 0 Å². The highest BCUT2D eigenvalue weighted by Gasteiger charge is 2.28. The topological polar surface area (TPSA) is 154 Å². The van der Waals surface area contributed by atoms with Crippen molar-refractivity contribution in [1.29, 1.82) is 0 Å². The van der Waals surface area contributed by atoms with E-state index in [4.69, 9.17) is 10.5 Å². The lowest BCUT2D eigenvalue weighted by Gasteiger charge is -2.24. The first-order valence-corrected chi connectivity index (χ1v) is 20.6. The van der Waals surface area contributed by atoms with Gasteiger partial charge < -0.3 is 36.2 Å². The van der Waals surface area contributed by atoms with Gasteiger partial charge >= 0.3 is 0 Å². The number of aliphatic hydroxyl groups is 1. The first-order valence-electron chi connectivity index (χ1n) is 20.6. The van der Waals surface area contributed by atoms with Gasteiger partial charge in [-0.3, -0.25) is 14.4 Å². The number of allylic oxidation sites excluding steroid dienone is 1. The highest BCUT2D eigenvalue weighted by Crippen LogP contribution is 2.35. The quantitative estimate of drug-likeness (QED) is 0.0396. The van der Waals surface area contributed by atoms with Gasteiger partial charge in [-0.15, -0.1) is 0 Å². The molecule has 0 bridgehead atoms. The maximum atomic E-state index is 13.0. The van der Waals surface area contributed by atoms with Crippen LogP contribution >= 0.6 is 0 Å². The largest absolute Gasteiger partial charge is 0.508 e. The molecule has 0 saturated carbocycles. The van der Waals surface area contributed by atoms with Crippen molar-refractivity contribution in [1.82, 2.24) is 15.5 Å². The van der Waals surface area contributed by atoms with E-state index in [0.29, 0.717) is 39.0 Å². The van der Waals surface area contributed by atoms with Gasteiger partial charge in [-0.1, -0.05) is 119 Å². The van der Waals surface area contributed by atoms with E-state index in [0.717, 1.165) is 65.7 Å². The van der Waals surface area contributed by atoms with E-state index in [1.54, 1.807) is 24.1 Å². The van der Waals surface area contributed by atoms with E-state index in [-0.39, 0.29) is 23.5 Å². The van der Waals surface area contributed by atoms with Crippen LogP contribution in [-0.2, 0) is 20.8 Å². The maximum Gasteiger partial charge on any atom is 0.251 e. The van der Waals surface area contributed by atoms with Crippen LogP contribution in [-0.4, -0.2) is 77.8 Å². The van der Waals surface area contributed by atoms with Gasteiger partial charge in [0.1, 0.15) is 30.3 Å². The molecule has 10 heteroatoms. The minimum absolute atomic E-state index is 0.0573. The maximum absolute atomic E-state index is 13.0. The molecule has 0 radical (unpaired) electrons. The number of carbonyl (C=O) groups is 3. The highest BCUT2D eigenvalue weighted by atomic mass is 16.5. The van der Waals surface area contributed by atoms with Crippen molar-refractivity contribution < 1.29 is 29.3 Å². The predicted octanol–water partition coefficient (Wildman–Crippen LogP) is 7.13. The number of ether oxygens (including phenoxy) is 1. The molecule has 4 rings (SSSR count). The van der Waals surface area contributed by atoms with Crippen LogP contribution in [0.5, 0.6) is 11.5 Å².